The minimum absolute atomic E-state index is 0. The van der Waals surface area contributed by atoms with Crippen LogP contribution in [0.3, 0.4) is 0 Å². The third-order valence-corrected chi connectivity index (χ3v) is 3.67. The van der Waals surface area contributed by atoms with Crippen LogP contribution in [0.4, 0.5) is 5.69 Å². The Balaban J connectivity index is 0.00000338. The lowest BCUT2D eigenvalue weighted by atomic mass is 10.3. The zero-order valence-electron chi connectivity index (χ0n) is 14.9. The zero-order chi connectivity index (χ0) is 18.1. The van der Waals surface area contributed by atoms with E-state index in [0.717, 1.165) is 5.69 Å². The molecule has 0 aliphatic rings. The molecule has 0 aromatic heterocycles. The van der Waals surface area contributed by atoms with Crippen LogP contribution >= 0.6 is 35.6 Å². The first kappa shape index (κ1) is 22.2. The quantitative estimate of drug-likeness (QED) is 0.265. The SMILES string of the molecule is CN=C(NCCOc1ccccc1Cl)Nc1ccc(OC)c(OC)c1.I. The third kappa shape index (κ3) is 6.45. The molecule has 2 aromatic carbocycles. The Kier molecular flexibility index (Phi) is 9.97. The topological polar surface area (TPSA) is 64.1 Å². The average molecular weight is 492 g/mol. The summed E-state index contributed by atoms with van der Waals surface area (Å²) in [7, 11) is 4.90. The number of benzene rings is 2. The van der Waals surface area contributed by atoms with Gasteiger partial charge in [-0.3, -0.25) is 4.99 Å². The van der Waals surface area contributed by atoms with E-state index in [1.165, 1.54) is 0 Å². The molecule has 0 atom stereocenters. The van der Waals surface area contributed by atoms with Crippen LogP contribution in [0, 0.1) is 0 Å². The van der Waals surface area contributed by atoms with Gasteiger partial charge in [0.05, 0.1) is 25.8 Å². The number of nitrogens with one attached hydrogen (secondary N) is 2. The molecule has 2 rings (SSSR count). The number of anilines is 1. The van der Waals surface area contributed by atoms with Crippen molar-refractivity contribution in [3.63, 3.8) is 0 Å². The van der Waals surface area contributed by atoms with E-state index in [1.807, 2.05) is 36.4 Å². The van der Waals surface area contributed by atoms with Crippen LogP contribution in [0.1, 0.15) is 0 Å². The monoisotopic (exact) mass is 491 g/mol. The Bertz CT molecular complexity index is 729. The number of methoxy groups -OCH3 is 2. The summed E-state index contributed by atoms with van der Waals surface area (Å²) < 4.78 is 16.2. The van der Waals surface area contributed by atoms with Crippen molar-refractivity contribution in [2.75, 3.05) is 39.7 Å². The second kappa shape index (κ2) is 11.7. The molecular weight excluding hydrogens is 469 g/mol. The lowest BCUT2D eigenvalue weighted by molar-refractivity contribution is 0.322. The molecule has 0 aliphatic carbocycles. The number of guanidine groups is 1. The Morgan fingerprint density at radius 3 is 2.42 bits per heavy atom. The van der Waals surface area contributed by atoms with Crippen molar-refractivity contribution in [1.29, 1.82) is 0 Å². The fraction of sp³-hybridized carbons (Fsp3) is 0.278. The van der Waals surface area contributed by atoms with Gasteiger partial charge < -0.3 is 24.8 Å². The van der Waals surface area contributed by atoms with E-state index >= 15 is 0 Å². The fourth-order valence-electron chi connectivity index (χ4n) is 2.12. The molecule has 0 radical (unpaired) electrons. The lowest BCUT2D eigenvalue weighted by Gasteiger charge is -2.14. The average Bonchev–Trinajstić information content (AvgIpc) is 2.65. The minimum Gasteiger partial charge on any atom is -0.493 e. The highest BCUT2D eigenvalue weighted by atomic mass is 127. The van der Waals surface area contributed by atoms with E-state index in [2.05, 4.69) is 15.6 Å². The smallest absolute Gasteiger partial charge is 0.195 e. The zero-order valence-corrected chi connectivity index (χ0v) is 18.0. The van der Waals surface area contributed by atoms with Crippen LogP contribution < -0.4 is 24.8 Å². The van der Waals surface area contributed by atoms with Gasteiger partial charge in [0.15, 0.2) is 17.5 Å². The van der Waals surface area contributed by atoms with E-state index in [1.54, 1.807) is 27.3 Å². The number of halogens is 2. The molecule has 0 spiro atoms. The first-order valence-corrected chi connectivity index (χ1v) is 8.12. The molecule has 0 bridgehead atoms. The Morgan fingerprint density at radius 2 is 1.77 bits per heavy atom. The molecule has 0 saturated carbocycles. The number of rotatable bonds is 7. The Labute approximate surface area is 175 Å². The molecule has 0 aliphatic heterocycles. The van der Waals surface area contributed by atoms with Gasteiger partial charge in [0.25, 0.3) is 0 Å². The van der Waals surface area contributed by atoms with Gasteiger partial charge in [-0.25, -0.2) is 0 Å². The normalized spacial score (nSPS) is 10.5. The number of hydrogen-bond acceptors (Lipinski definition) is 4. The molecule has 0 saturated heterocycles. The highest BCUT2D eigenvalue weighted by Gasteiger charge is 2.06. The van der Waals surface area contributed by atoms with Crippen LogP contribution in [0.5, 0.6) is 17.2 Å². The van der Waals surface area contributed by atoms with Crippen LogP contribution in [0.15, 0.2) is 47.5 Å². The predicted octanol–water partition coefficient (Wildman–Crippen LogP) is 4.04. The van der Waals surface area contributed by atoms with Gasteiger partial charge in [0.2, 0.25) is 0 Å². The van der Waals surface area contributed by atoms with Crippen molar-refractivity contribution in [3.8, 4) is 17.2 Å². The van der Waals surface area contributed by atoms with Crippen LogP contribution in [0.2, 0.25) is 5.02 Å². The van der Waals surface area contributed by atoms with Crippen LogP contribution in [-0.4, -0.2) is 40.4 Å². The molecule has 2 N–H and O–H groups in total. The number of ether oxygens (including phenoxy) is 3. The maximum absolute atomic E-state index is 6.05. The summed E-state index contributed by atoms with van der Waals surface area (Å²) in [6.45, 7) is 1.02. The van der Waals surface area contributed by atoms with Crippen molar-refractivity contribution in [2.45, 2.75) is 0 Å². The van der Waals surface area contributed by atoms with Crippen molar-refractivity contribution < 1.29 is 14.2 Å². The summed E-state index contributed by atoms with van der Waals surface area (Å²) in [5.74, 6) is 2.60. The number of hydrogen-bond donors (Lipinski definition) is 2. The molecule has 0 amide bonds. The lowest BCUT2D eigenvalue weighted by Crippen LogP contribution is -2.33. The standard InChI is InChI=1S/C18H22ClN3O3.HI/c1-20-18(21-10-11-25-15-7-5-4-6-14(15)19)22-13-8-9-16(23-2)17(12-13)24-3;/h4-9,12H,10-11H2,1-3H3,(H2,20,21,22);1H. The summed E-state index contributed by atoms with van der Waals surface area (Å²) in [6, 6.07) is 12.9. The molecule has 26 heavy (non-hydrogen) atoms. The second-order valence-electron chi connectivity index (χ2n) is 4.97. The van der Waals surface area contributed by atoms with E-state index in [-0.39, 0.29) is 24.0 Å². The van der Waals surface area contributed by atoms with Crippen LogP contribution in [-0.2, 0) is 0 Å². The van der Waals surface area contributed by atoms with Crippen LogP contribution in [0.25, 0.3) is 0 Å². The van der Waals surface area contributed by atoms with E-state index < -0.39 is 0 Å². The van der Waals surface area contributed by atoms with Crippen molar-refractivity contribution in [1.82, 2.24) is 5.32 Å². The molecule has 2 aromatic rings. The maximum Gasteiger partial charge on any atom is 0.195 e. The van der Waals surface area contributed by atoms with Gasteiger partial charge in [-0.2, -0.15) is 0 Å². The summed E-state index contributed by atoms with van der Waals surface area (Å²) in [6.07, 6.45) is 0. The van der Waals surface area contributed by atoms with Gasteiger partial charge in [-0.15, -0.1) is 24.0 Å². The summed E-state index contributed by atoms with van der Waals surface area (Å²) >= 11 is 6.05. The third-order valence-electron chi connectivity index (χ3n) is 3.36. The first-order chi connectivity index (χ1) is 12.2. The van der Waals surface area contributed by atoms with Gasteiger partial charge in [0, 0.05) is 18.8 Å². The summed E-state index contributed by atoms with van der Waals surface area (Å²) in [4.78, 5) is 4.18. The minimum atomic E-state index is 0. The molecule has 142 valence electrons. The Morgan fingerprint density at radius 1 is 1.04 bits per heavy atom. The number of para-hydroxylation sites is 1. The van der Waals surface area contributed by atoms with Gasteiger partial charge >= 0.3 is 0 Å². The van der Waals surface area contributed by atoms with Crippen molar-refractivity contribution in [3.05, 3.63) is 47.5 Å². The molecule has 8 heteroatoms. The molecule has 0 fully saturated rings. The van der Waals surface area contributed by atoms with Gasteiger partial charge in [-0.1, -0.05) is 23.7 Å². The van der Waals surface area contributed by atoms with E-state index in [4.69, 9.17) is 25.8 Å². The summed E-state index contributed by atoms with van der Waals surface area (Å²) in [5, 5.41) is 6.95. The molecule has 6 nitrogen and oxygen atoms in total. The van der Waals surface area contributed by atoms with Crippen molar-refractivity contribution in [2.24, 2.45) is 4.99 Å². The summed E-state index contributed by atoms with van der Waals surface area (Å²) in [5.41, 5.74) is 0.831. The molecule has 0 heterocycles. The van der Waals surface area contributed by atoms with E-state index in [9.17, 15) is 0 Å². The highest BCUT2D eigenvalue weighted by molar-refractivity contribution is 14.0. The highest BCUT2D eigenvalue weighted by Crippen LogP contribution is 2.29. The van der Waals surface area contributed by atoms with Crippen molar-refractivity contribution >= 4 is 47.2 Å². The second-order valence-corrected chi connectivity index (χ2v) is 5.38. The Hall–Kier alpha value is -1.87. The maximum atomic E-state index is 6.05. The van der Waals surface area contributed by atoms with Gasteiger partial charge in [-0.05, 0) is 24.3 Å². The first-order valence-electron chi connectivity index (χ1n) is 7.75. The number of aliphatic imine (C=N–C) groups is 1. The molecule has 0 unspecified atom stereocenters. The van der Waals surface area contributed by atoms with E-state index in [0.29, 0.717) is 41.4 Å². The number of nitrogens with zero attached hydrogens (tertiary/aromatic N) is 1. The fourth-order valence-corrected chi connectivity index (χ4v) is 2.31. The molecular formula is C18H23ClIN3O3. The largest absolute Gasteiger partial charge is 0.493 e. The predicted molar refractivity (Wildman–Crippen MR) is 117 cm³/mol. The van der Waals surface area contributed by atoms with Gasteiger partial charge in [0.1, 0.15) is 12.4 Å².